The summed E-state index contributed by atoms with van der Waals surface area (Å²) in [6, 6.07) is 20.0. The number of nitrogens with two attached hydrogens (primary N) is 1. The van der Waals surface area contributed by atoms with Crippen LogP contribution in [-0.2, 0) is 32.7 Å². The zero-order valence-corrected chi connectivity index (χ0v) is 14.3. The summed E-state index contributed by atoms with van der Waals surface area (Å²) in [5, 5.41) is 1.16. The van der Waals surface area contributed by atoms with Gasteiger partial charge in [0.15, 0.2) is 0 Å². The number of aromatic nitrogens is 1. The van der Waals surface area contributed by atoms with Crippen molar-refractivity contribution in [1.82, 2.24) is 4.98 Å². The second-order valence-electron chi connectivity index (χ2n) is 4.01. The second kappa shape index (κ2) is 8.18. The molecule has 4 heteroatoms. The van der Waals surface area contributed by atoms with Gasteiger partial charge in [0.05, 0.1) is 11.2 Å². The van der Waals surface area contributed by atoms with Crippen LogP contribution in [-0.4, -0.2) is 13.4 Å². The fourth-order valence-corrected chi connectivity index (χ4v) is 1.88. The average Bonchev–Trinajstić information content (AvgIpc) is 2.39. The van der Waals surface area contributed by atoms with Crippen molar-refractivity contribution in [2.24, 2.45) is 0 Å². The van der Waals surface area contributed by atoms with Crippen LogP contribution in [0.25, 0.3) is 22.2 Å². The van der Waals surface area contributed by atoms with E-state index in [-0.39, 0.29) is 48.5 Å². The molecule has 1 aromatic heterocycles. The topological polar surface area (TPSA) is 38.9 Å². The summed E-state index contributed by atoms with van der Waals surface area (Å²) in [6.07, 6.45) is 0. The first-order valence-electron chi connectivity index (χ1n) is 5.55. The summed E-state index contributed by atoms with van der Waals surface area (Å²) in [6.45, 7) is 0. The Balaban J connectivity index is 0.00000120. The third-order valence-corrected chi connectivity index (χ3v) is 2.80. The number of hydrogen-bond donors (Lipinski definition) is 1. The minimum absolute atomic E-state index is 0. The van der Waals surface area contributed by atoms with Crippen LogP contribution >= 0.6 is 0 Å². The molecule has 0 bridgehead atoms. The van der Waals surface area contributed by atoms with Crippen molar-refractivity contribution in [1.29, 1.82) is 0 Å². The molecule has 0 amide bonds. The van der Waals surface area contributed by atoms with Gasteiger partial charge in [-0.15, -0.1) is 0 Å². The molecule has 20 heavy (non-hydrogen) atoms. The molecule has 3 rings (SSSR count). The van der Waals surface area contributed by atoms with Gasteiger partial charge in [-0.25, -0.2) is 4.98 Å². The molecule has 0 saturated heterocycles. The van der Waals surface area contributed by atoms with E-state index in [0.717, 1.165) is 27.8 Å². The quantitative estimate of drug-likeness (QED) is 0.420. The van der Waals surface area contributed by atoms with Gasteiger partial charge < -0.3 is 13.2 Å². The summed E-state index contributed by atoms with van der Waals surface area (Å²) in [7, 11) is 0. The molecule has 1 heterocycles. The van der Waals surface area contributed by atoms with Gasteiger partial charge >= 0.3 is 0 Å². The summed E-state index contributed by atoms with van der Waals surface area (Å²) in [5.41, 5.74) is 9.53. The van der Waals surface area contributed by atoms with Gasteiger partial charge in [-0.1, -0.05) is 36.4 Å². The summed E-state index contributed by atoms with van der Waals surface area (Å²) in [4.78, 5) is 4.63. The number of nitrogens with zero attached hydrogens (tertiary/aromatic N) is 1. The Kier molecular flexibility index (Phi) is 7.70. The standard InChI is InChI=1S/C15H12N2.CH3.B.Y/c16-13-8-5-12(6-9-13)15-10-7-11-3-1-2-4-14(11)17-15;;;/h1-10H,16H2;1H3;;/q;-1;;. The zero-order valence-electron chi connectivity index (χ0n) is 11.5. The number of hydrogen-bond acceptors (Lipinski definition) is 2. The Labute approximate surface area is 147 Å². The number of para-hydroxylation sites is 1. The molecular weight excluding hydrogens is 320 g/mol. The molecule has 2 nitrogen and oxygen atoms in total. The van der Waals surface area contributed by atoms with Crippen molar-refractivity contribution in [3.8, 4) is 11.3 Å². The summed E-state index contributed by atoms with van der Waals surface area (Å²) in [5.74, 6) is 0. The Hall–Kier alpha value is -1.18. The number of rotatable bonds is 1. The minimum atomic E-state index is 0. The van der Waals surface area contributed by atoms with Crippen LogP contribution in [0.2, 0.25) is 0 Å². The maximum Gasteiger partial charge on any atom is 0.0709 e. The smallest absolute Gasteiger partial charge is 0.0709 e. The van der Waals surface area contributed by atoms with E-state index in [1.807, 2.05) is 48.5 Å². The van der Waals surface area contributed by atoms with Gasteiger partial charge in [0.1, 0.15) is 0 Å². The maximum absolute atomic E-state index is 5.67. The monoisotopic (exact) mass is 335 g/mol. The molecular formula is C16H15BN2Y-. The largest absolute Gasteiger partial charge is 0.399 e. The first kappa shape index (κ1) is 18.8. The van der Waals surface area contributed by atoms with Gasteiger partial charge in [0.2, 0.25) is 0 Å². The fourth-order valence-electron chi connectivity index (χ4n) is 1.88. The SMILES string of the molecule is Nc1ccc(-c2ccc3ccccc3n2)cc1.[B].[CH3-].[Y]. The van der Waals surface area contributed by atoms with Crippen molar-refractivity contribution in [3.05, 3.63) is 68.1 Å². The van der Waals surface area contributed by atoms with Crippen molar-refractivity contribution in [2.45, 2.75) is 0 Å². The molecule has 2 N–H and O–H groups in total. The van der Waals surface area contributed by atoms with E-state index < -0.39 is 0 Å². The Morgan fingerprint density at radius 3 is 2.15 bits per heavy atom. The Morgan fingerprint density at radius 2 is 1.45 bits per heavy atom. The summed E-state index contributed by atoms with van der Waals surface area (Å²) < 4.78 is 0. The van der Waals surface area contributed by atoms with Crippen LogP contribution in [0.1, 0.15) is 0 Å². The number of pyridine rings is 1. The van der Waals surface area contributed by atoms with E-state index in [1.54, 1.807) is 0 Å². The van der Waals surface area contributed by atoms with E-state index in [0.29, 0.717) is 0 Å². The van der Waals surface area contributed by atoms with Gasteiger partial charge in [0.25, 0.3) is 0 Å². The number of fused-ring (bicyclic) bond motifs is 1. The molecule has 96 valence electrons. The third kappa shape index (κ3) is 3.91. The van der Waals surface area contributed by atoms with Crippen molar-refractivity contribution in [3.63, 3.8) is 0 Å². The predicted molar refractivity (Wildman–Crippen MR) is 83.8 cm³/mol. The first-order chi connectivity index (χ1) is 8.33. The van der Waals surface area contributed by atoms with Crippen molar-refractivity contribution < 1.29 is 32.7 Å². The minimum Gasteiger partial charge on any atom is -0.399 e. The molecule has 0 saturated carbocycles. The molecule has 0 spiro atoms. The molecule has 0 aliphatic rings. The van der Waals surface area contributed by atoms with Gasteiger partial charge in [-0.05, 0) is 24.3 Å². The fraction of sp³-hybridized carbons (Fsp3) is 0. The molecule has 0 fully saturated rings. The predicted octanol–water partition coefficient (Wildman–Crippen LogP) is 3.55. The van der Waals surface area contributed by atoms with Crippen LogP contribution in [0.4, 0.5) is 5.69 Å². The van der Waals surface area contributed by atoms with E-state index in [9.17, 15) is 0 Å². The Morgan fingerprint density at radius 1 is 0.800 bits per heavy atom. The molecule has 2 aromatic carbocycles. The summed E-state index contributed by atoms with van der Waals surface area (Å²) >= 11 is 0. The Bertz CT molecular complexity index is 669. The zero-order chi connectivity index (χ0) is 11.7. The first-order valence-corrected chi connectivity index (χ1v) is 5.55. The molecule has 0 unspecified atom stereocenters. The van der Waals surface area contributed by atoms with E-state index in [4.69, 9.17) is 5.73 Å². The van der Waals surface area contributed by atoms with Crippen LogP contribution in [0.15, 0.2) is 60.7 Å². The van der Waals surface area contributed by atoms with Crippen LogP contribution in [0.5, 0.6) is 0 Å². The number of nitrogen functional groups attached to an aromatic ring is 1. The molecule has 0 aliphatic carbocycles. The van der Waals surface area contributed by atoms with Gasteiger partial charge in [0, 0.05) is 57.8 Å². The van der Waals surface area contributed by atoms with E-state index in [1.165, 1.54) is 0 Å². The maximum atomic E-state index is 5.67. The normalized spacial score (nSPS) is 9.00. The molecule has 3 aromatic rings. The van der Waals surface area contributed by atoms with Crippen LogP contribution in [0.3, 0.4) is 0 Å². The molecule has 4 radical (unpaired) electrons. The number of anilines is 1. The number of benzene rings is 2. The van der Waals surface area contributed by atoms with Gasteiger partial charge in [-0.2, -0.15) is 0 Å². The van der Waals surface area contributed by atoms with Crippen LogP contribution in [0, 0.1) is 7.43 Å². The van der Waals surface area contributed by atoms with Crippen LogP contribution < -0.4 is 5.73 Å². The second-order valence-corrected chi connectivity index (χ2v) is 4.01. The van der Waals surface area contributed by atoms with E-state index in [2.05, 4.69) is 17.1 Å². The third-order valence-electron chi connectivity index (χ3n) is 2.80. The molecule has 0 atom stereocenters. The van der Waals surface area contributed by atoms with Crippen molar-refractivity contribution >= 4 is 25.0 Å². The van der Waals surface area contributed by atoms with Gasteiger partial charge in [-0.3, -0.25) is 0 Å². The average molecular weight is 335 g/mol. The van der Waals surface area contributed by atoms with E-state index >= 15 is 0 Å². The van der Waals surface area contributed by atoms with Crippen molar-refractivity contribution in [2.75, 3.05) is 5.73 Å². The molecule has 0 aliphatic heterocycles.